The lowest BCUT2D eigenvalue weighted by Crippen LogP contribution is -2.23. The maximum atomic E-state index is 3.65. The Kier molecular flexibility index (Phi) is 3.03. The van der Waals surface area contributed by atoms with E-state index in [9.17, 15) is 0 Å². The van der Waals surface area contributed by atoms with E-state index in [4.69, 9.17) is 0 Å². The van der Waals surface area contributed by atoms with Crippen LogP contribution in [0.15, 0.2) is 48.5 Å². The summed E-state index contributed by atoms with van der Waals surface area (Å²) in [7, 11) is 2.00. The second-order valence-corrected chi connectivity index (χ2v) is 4.79. The van der Waals surface area contributed by atoms with Crippen LogP contribution < -0.4 is 10.6 Å². The molecule has 0 amide bonds. The van der Waals surface area contributed by atoms with Crippen LogP contribution in [0.3, 0.4) is 0 Å². The van der Waals surface area contributed by atoms with Crippen molar-refractivity contribution in [2.75, 3.05) is 18.9 Å². The zero-order chi connectivity index (χ0) is 12.4. The molecule has 2 N–H and O–H groups in total. The van der Waals surface area contributed by atoms with Gasteiger partial charge in [-0.25, -0.2) is 0 Å². The van der Waals surface area contributed by atoms with E-state index in [0.29, 0.717) is 6.04 Å². The molecule has 0 saturated heterocycles. The lowest BCUT2D eigenvalue weighted by atomic mass is 9.97. The van der Waals surface area contributed by atoms with Gasteiger partial charge in [0.05, 0.1) is 6.04 Å². The Hall–Kier alpha value is -1.80. The monoisotopic (exact) mass is 238 g/mol. The van der Waals surface area contributed by atoms with Crippen molar-refractivity contribution in [2.24, 2.45) is 0 Å². The normalized spacial score (nSPS) is 17.3. The first-order chi connectivity index (χ1) is 8.88. The minimum atomic E-state index is 0.342. The van der Waals surface area contributed by atoms with Crippen molar-refractivity contribution >= 4 is 5.69 Å². The Labute approximate surface area is 108 Å². The molecule has 3 rings (SSSR count). The van der Waals surface area contributed by atoms with Crippen LogP contribution in [0.25, 0.3) is 0 Å². The predicted molar refractivity (Wildman–Crippen MR) is 76.0 cm³/mol. The Morgan fingerprint density at radius 3 is 2.61 bits per heavy atom. The summed E-state index contributed by atoms with van der Waals surface area (Å²) in [6.45, 7) is 0.936. The van der Waals surface area contributed by atoms with E-state index in [2.05, 4.69) is 59.2 Å². The zero-order valence-corrected chi connectivity index (χ0v) is 10.6. The number of anilines is 1. The van der Waals surface area contributed by atoms with Crippen LogP contribution in [0.1, 0.15) is 22.7 Å². The minimum Gasteiger partial charge on any atom is -0.377 e. The fourth-order valence-corrected chi connectivity index (χ4v) is 2.69. The topological polar surface area (TPSA) is 24.1 Å². The molecule has 0 aromatic heterocycles. The van der Waals surface area contributed by atoms with E-state index in [1.807, 2.05) is 7.05 Å². The molecule has 1 aliphatic heterocycles. The first-order valence-electron chi connectivity index (χ1n) is 6.45. The number of fused-ring (bicyclic) bond motifs is 2. The summed E-state index contributed by atoms with van der Waals surface area (Å²) in [6, 6.07) is 17.7. The van der Waals surface area contributed by atoms with Gasteiger partial charge in [-0.05, 0) is 36.2 Å². The molecule has 1 unspecified atom stereocenters. The fourth-order valence-electron chi connectivity index (χ4n) is 2.69. The van der Waals surface area contributed by atoms with Crippen molar-refractivity contribution in [1.82, 2.24) is 5.32 Å². The molecule has 92 valence electrons. The molecule has 1 aliphatic rings. The van der Waals surface area contributed by atoms with E-state index >= 15 is 0 Å². The van der Waals surface area contributed by atoms with E-state index in [0.717, 1.165) is 13.0 Å². The Morgan fingerprint density at radius 2 is 1.78 bits per heavy atom. The summed E-state index contributed by atoms with van der Waals surface area (Å²) in [5.74, 6) is 0. The zero-order valence-electron chi connectivity index (χ0n) is 10.6. The van der Waals surface area contributed by atoms with E-state index in [-0.39, 0.29) is 0 Å². The summed E-state index contributed by atoms with van der Waals surface area (Å²) in [4.78, 5) is 0. The lowest BCUT2D eigenvalue weighted by Gasteiger charge is -2.20. The molecular weight excluding hydrogens is 220 g/mol. The molecule has 0 fully saturated rings. The molecule has 0 spiro atoms. The molecule has 0 radical (unpaired) electrons. The van der Waals surface area contributed by atoms with Gasteiger partial charge < -0.3 is 10.6 Å². The smallest absolute Gasteiger partial charge is 0.0641 e. The fraction of sp³-hybridized carbons (Fsp3) is 0.250. The first kappa shape index (κ1) is 11.3. The van der Waals surface area contributed by atoms with Crippen LogP contribution >= 0.6 is 0 Å². The van der Waals surface area contributed by atoms with Gasteiger partial charge in [-0.3, -0.25) is 0 Å². The van der Waals surface area contributed by atoms with Gasteiger partial charge in [0.2, 0.25) is 0 Å². The third-order valence-electron chi connectivity index (χ3n) is 3.57. The second-order valence-electron chi connectivity index (χ2n) is 4.79. The number of rotatable bonds is 2. The van der Waals surface area contributed by atoms with Crippen molar-refractivity contribution < 1.29 is 0 Å². The van der Waals surface area contributed by atoms with Crippen molar-refractivity contribution in [3.05, 3.63) is 65.2 Å². The number of benzene rings is 2. The predicted octanol–water partition coefficient (Wildman–Crippen LogP) is 2.96. The molecule has 2 nitrogen and oxygen atoms in total. The third kappa shape index (κ3) is 2.00. The maximum Gasteiger partial charge on any atom is 0.0641 e. The van der Waals surface area contributed by atoms with Gasteiger partial charge in [0, 0.05) is 12.2 Å². The largest absolute Gasteiger partial charge is 0.377 e. The standard InChI is InChI=1S/C16H18N2/c1-17-11-16-14-8-4-2-6-12(14)10-13-7-3-5-9-15(13)18-16/h2-9,16-18H,10-11H2,1H3. The summed E-state index contributed by atoms with van der Waals surface area (Å²) < 4.78 is 0. The van der Waals surface area contributed by atoms with Crippen LogP contribution in [0, 0.1) is 0 Å². The molecule has 0 saturated carbocycles. The molecule has 0 aliphatic carbocycles. The lowest BCUT2D eigenvalue weighted by molar-refractivity contribution is 0.688. The molecule has 1 heterocycles. The highest BCUT2D eigenvalue weighted by atomic mass is 15.0. The van der Waals surface area contributed by atoms with Gasteiger partial charge in [0.25, 0.3) is 0 Å². The van der Waals surface area contributed by atoms with E-state index < -0.39 is 0 Å². The molecule has 1 atom stereocenters. The summed E-state index contributed by atoms with van der Waals surface area (Å²) in [5, 5.41) is 6.93. The van der Waals surface area contributed by atoms with Gasteiger partial charge in [-0.1, -0.05) is 42.5 Å². The maximum absolute atomic E-state index is 3.65. The van der Waals surface area contributed by atoms with Crippen molar-refractivity contribution in [1.29, 1.82) is 0 Å². The Morgan fingerprint density at radius 1 is 1.06 bits per heavy atom. The van der Waals surface area contributed by atoms with Gasteiger partial charge in [0.15, 0.2) is 0 Å². The van der Waals surface area contributed by atoms with Crippen LogP contribution in [-0.4, -0.2) is 13.6 Å². The highest BCUT2D eigenvalue weighted by molar-refractivity contribution is 5.57. The van der Waals surface area contributed by atoms with Crippen LogP contribution in [0.2, 0.25) is 0 Å². The molecule has 0 bridgehead atoms. The number of hydrogen-bond acceptors (Lipinski definition) is 2. The van der Waals surface area contributed by atoms with E-state index in [1.54, 1.807) is 0 Å². The summed E-state index contributed by atoms with van der Waals surface area (Å²) in [5.41, 5.74) is 5.47. The van der Waals surface area contributed by atoms with Gasteiger partial charge in [-0.15, -0.1) is 0 Å². The van der Waals surface area contributed by atoms with Crippen molar-refractivity contribution in [2.45, 2.75) is 12.5 Å². The molecular formula is C16H18N2. The molecule has 2 aromatic rings. The van der Waals surface area contributed by atoms with Gasteiger partial charge in [0.1, 0.15) is 0 Å². The Balaban J connectivity index is 2.08. The first-order valence-corrected chi connectivity index (χ1v) is 6.45. The van der Waals surface area contributed by atoms with Crippen LogP contribution in [0.5, 0.6) is 0 Å². The summed E-state index contributed by atoms with van der Waals surface area (Å²) >= 11 is 0. The molecule has 18 heavy (non-hydrogen) atoms. The van der Waals surface area contributed by atoms with E-state index in [1.165, 1.54) is 22.4 Å². The highest BCUT2D eigenvalue weighted by Crippen LogP contribution is 2.31. The van der Waals surface area contributed by atoms with Crippen molar-refractivity contribution in [3.8, 4) is 0 Å². The average Bonchev–Trinajstić information content (AvgIpc) is 2.56. The molecule has 2 heteroatoms. The number of likely N-dealkylation sites (N-methyl/N-ethyl adjacent to an activating group) is 1. The SMILES string of the molecule is CNCC1Nc2ccccc2Cc2ccccc21. The minimum absolute atomic E-state index is 0.342. The molecule has 2 aromatic carbocycles. The average molecular weight is 238 g/mol. The summed E-state index contributed by atoms with van der Waals surface area (Å²) in [6.07, 6.45) is 1.01. The third-order valence-corrected chi connectivity index (χ3v) is 3.57. The van der Waals surface area contributed by atoms with Crippen molar-refractivity contribution in [3.63, 3.8) is 0 Å². The van der Waals surface area contributed by atoms with Crippen LogP contribution in [-0.2, 0) is 6.42 Å². The quantitative estimate of drug-likeness (QED) is 0.840. The Bertz CT molecular complexity index is 548. The number of para-hydroxylation sites is 1. The highest BCUT2D eigenvalue weighted by Gasteiger charge is 2.19. The second kappa shape index (κ2) is 4.83. The number of hydrogen-bond donors (Lipinski definition) is 2. The van der Waals surface area contributed by atoms with Crippen LogP contribution in [0.4, 0.5) is 5.69 Å². The van der Waals surface area contributed by atoms with Gasteiger partial charge in [-0.2, -0.15) is 0 Å². The number of nitrogens with one attached hydrogen (secondary N) is 2. The van der Waals surface area contributed by atoms with Gasteiger partial charge >= 0.3 is 0 Å².